The molecule has 1 aliphatic rings. The quantitative estimate of drug-likeness (QED) is 0.408. The smallest absolute Gasteiger partial charge is 0.168 e. The van der Waals surface area contributed by atoms with Gasteiger partial charge in [0.05, 0.1) is 6.26 Å². The molecular weight excluding hydrogens is 188 g/mol. The standard InChI is InChI=1S/C13H20O2/c1-8(2)10-6-9(3)13(4,5)12(15)11(10)7-14/h7,9-10,14H,1,6H2,2-5H3/b11-7-/t9-,10+/m1/s1. The van der Waals surface area contributed by atoms with Crippen LogP contribution in [0.1, 0.15) is 34.1 Å². The zero-order chi connectivity index (χ0) is 11.8. The van der Waals surface area contributed by atoms with Crippen molar-refractivity contribution in [2.24, 2.45) is 17.3 Å². The number of aliphatic hydroxyl groups is 1. The first kappa shape index (κ1) is 12.0. The fourth-order valence-electron chi connectivity index (χ4n) is 2.14. The van der Waals surface area contributed by atoms with Crippen molar-refractivity contribution < 1.29 is 9.90 Å². The van der Waals surface area contributed by atoms with Crippen LogP contribution in [0.2, 0.25) is 0 Å². The molecule has 0 aromatic carbocycles. The molecule has 0 radical (unpaired) electrons. The molecule has 0 aromatic heterocycles. The molecule has 0 aliphatic heterocycles. The van der Waals surface area contributed by atoms with Crippen molar-refractivity contribution in [3.8, 4) is 0 Å². The Morgan fingerprint density at radius 2 is 2.13 bits per heavy atom. The predicted molar refractivity (Wildman–Crippen MR) is 61.6 cm³/mol. The van der Waals surface area contributed by atoms with Crippen LogP contribution in [0.25, 0.3) is 0 Å². The second-order valence-electron chi connectivity index (χ2n) is 5.17. The highest BCUT2D eigenvalue weighted by Crippen LogP contribution is 2.44. The van der Waals surface area contributed by atoms with E-state index in [-0.39, 0.29) is 17.1 Å². The van der Waals surface area contributed by atoms with Crippen molar-refractivity contribution in [1.82, 2.24) is 0 Å². The van der Waals surface area contributed by atoms with Crippen molar-refractivity contribution in [3.05, 3.63) is 24.0 Å². The molecule has 1 rings (SSSR count). The Morgan fingerprint density at radius 3 is 2.53 bits per heavy atom. The minimum absolute atomic E-state index is 0.0190. The van der Waals surface area contributed by atoms with Gasteiger partial charge in [-0.3, -0.25) is 4.79 Å². The molecule has 1 N–H and O–H groups in total. The van der Waals surface area contributed by atoms with Crippen LogP contribution >= 0.6 is 0 Å². The third-order valence-electron chi connectivity index (χ3n) is 3.78. The van der Waals surface area contributed by atoms with Crippen LogP contribution in [0, 0.1) is 17.3 Å². The number of aliphatic hydroxyl groups excluding tert-OH is 1. The fourth-order valence-corrected chi connectivity index (χ4v) is 2.14. The zero-order valence-electron chi connectivity index (χ0n) is 10.0. The average Bonchev–Trinajstić information content (AvgIpc) is 2.14. The van der Waals surface area contributed by atoms with E-state index in [1.54, 1.807) is 0 Å². The van der Waals surface area contributed by atoms with E-state index in [1.165, 1.54) is 0 Å². The molecule has 2 atom stereocenters. The highest BCUT2D eigenvalue weighted by atomic mass is 16.2. The summed E-state index contributed by atoms with van der Waals surface area (Å²) in [6.07, 6.45) is 1.86. The summed E-state index contributed by atoms with van der Waals surface area (Å²) in [6.45, 7) is 11.8. The maximum atomic E-state index is 12.1. The Bertz CT molecular complexity index is 323. The molecule has 0 bridgehead atoms. The van der Waals surface area contributed by atoms with E-state index in [9.17, 15) is 9.90 Å². The van der Waals surface area contributed by atoms with Crippen LogP contribution in [0.4, 0.5) is 0 Å². The molecule has 0 saturated heterocycles. The van der Waals surface area contributed by atoms with Crippen molar-refractivity contribution in [2.45, 2.75) is 34.1 Å². The van der Waals surface area contributed by atoms with Crippen molar-refractivity contribution in [1.29, 1.82) is 0 Å². The van der Waals surface area contributed by atoms with Crippen molar-refractivity contribution in [3.63, 3.8) is 0 Å². The normalized spacial score (nSPS) is 33.1. The third kappa shape index (κ3) is 1.85. The summed E-state index contributed by atoms with van der Waals surface area (Å²) in [5.74, 6) is 0.387. The van der Waals surface area contributed by atoms with Crippen LogP contribution in [0.15, 0.2) is 24.0 Å². The first-order valence-corrected chi connectivity index (χ1v) is 5.36. The molecule has 1 fully saturated rings. The van der Waals surface area contributed by atoms with Gasteiger partial charge in [0.25, 0.3) is 0 Å². The second kappa shape index (κ2) is 3.84. The first-order chi connectivity index (χ1) is 6.82. The van der Waals surface area contributed by atoms with Gasteiger partial charge < -0.3 is 5.11 Å². The summed E-state index contributed by atoms with van der Waals surface area (Å²) in [6, 6.07) is 0. The number of hydrogen-bond donors (Lipinski definition) is 1. The topological polar surface area (TPSA) is 37.3 Å². The minimum atomic E-state index is -0.374. The van der Waals surface area contributed by atoms with Crippen LogP contribution in [0.3, 0.4) is 0 Å². The van der Waals surface area contributed by atoms with E-state index in [0.29, 0.717) is 11.5 Å². The van der Waals surface area contributed by atoms with Gasteiger partial charge in [0.2, 0.25) is 0 Å². The lowest BCUT2D eigenvalue weighted by molar-refractivity contribution is -0.128. The molecule has 15 heavy (non-hydrogen) atoms. The lowest BCUT2D eigenvalue weighted by Crippen LogP contribution is -2.41. The molecule has 1 aliphatic carbocycles. The van der Waals surface area contributed by atoms with Gasteiger partial charge >= 0.3 is 0 Å². The molecule has 2 nitrogen and oxygen atoms in total. The summed E-state index contributed by atoms with van der Waals surface area (Å²) in [5.41, 5.74) is 1.09. The lowest BCUT2D eigenvalue weighted by Gasteiger charge is -2.40. The molecular formula is C13H20O2. The fraction of sp³-hybridized carbons (Fsp3) is 0.615. The summed E-state index contributed by atoms with van der Waals surface area (Å²) < 4.78 is 0. The SMILES string of the molecule is C=C(C)[C@@H]1C[C@@H](C)C(C)(C)C(=O)/C1=C\O. The highest BCUT2D eigenvalue weighted by Gasteiger charge is 2.44. The van der Waals surface area contributed by atoms with Gasteiger partial charge in [0.15, 0.2) is 5.78 Å². The second-order valence-corrected chi connectivity index (χ2v) is 5.17. The maximum absolute atomic E-state index is 12.1. The van der Waals surface area contributed by atoms with E-state index in [1.807, 2.05) is 20.8 Å². The Morgan fingerprint density at radius 1 is 1.60 bits per heavy atom. The van der Waals surface area contributed by atoms with Crippen molar-refractivity contribution >= 4 is 5.78 Å². The monoisotopic (exact) mass is 208 g/mol. The highest BCUT2D eigenvalue weighted by molar-refractivity contribution is 6.01. The van der Waals surface area contributed by atoms with Gasteiger partial charge in [-0.2, -0.15) is 0 Å². The summed E-state index contributed by atoms with van der Waals surface area (Å²) >= 11 is 0. The Hall–Kier alpha value is -1.05. The van der Waals surface area contributed by atoms with Gasteiger partial charge in [0.1, 0.15) is 0 Å². The van der Waals surface area contributed by atoms with Gasteiger partial charge in [-0.1, -0.05) is 32.9 Å². The number of Topliss-reactive ketones (excluding diaryl/α,β-unsaturated/α-hetero) is 1. The third-order valence-corrected chi connectivity index (χ3v) is 3.78. The molecule has 84 valence electrons. The number of hydrogen-bond acceptors (Lipinski definition) is 2. The zero-order valence-corrected chi connectivity index (χ0v) is 10.0. The molecule has 1 saturated carbocycles. The Labute approximate surface area is 91.7 Å². The van der Waals surface area contributed by atoms with E-state index >= 15 is 0 Å². The van der Waals surface area contributed by atoms with Crippen LogP contribution in [-0.2, 0) is 4.79 Å². The molecule has 0 unspecified atom stereocenters. The molecule has 0 amide bonds. The summed E-state index contributed by atoms with van der Waals surface area (Å²) in [7, 11) is 0. The molecule has 0 heterocycles. The number of carbonyl (C=O) groups excluding carboxylic acids is 1. The maximum Gasteiger partial charge on any atom is 0.168 e. The summed E-state index contributed by atoms with van der Waals surface area (Å²) in [4.78, 5) is 12.1. The number of ketones is 1. The van der Waals surface area contributed by atoms with E-state index in [2.05, 4.69) is 13.5 Å². The van der Waals surface area contributed by atoms with Gasteiger partial charge in [-0.25, -0.2) is 0 Å². The van der Waals surface area contributed by atoms with E-state index < -0.39 is 0 Å². The number of carbonyl (C=O) groups is 1. The number of allylic oxidation sites excluding steroid dienone is 2. The van der Waals surface area contributed by atoms with Crippen LogP contribution in [0.5, 0.6) is 0 Å². The molecule has 0 spiro atoms. The number of rotatable bonds is 1. The van der Waals surface area contributed by atoms with E-state index in [0.717, 1.165) is 18.3 Å². The van der Waals surface area contributed by atoms with Crippen molar-refractivity contribution in [2.75, 3.05) is 0 Å². The predicted octanol–water partition coefficient (Wildman–Crippen LogP) is 3.26. The molecule has 2 heteroatoms. The van der Waals surface area contributed by atoms with Gasteiger partial charge in [0, 0.05) is 16.9 Å². The average molecular weight is 208 g/mol. The Kier molecular flexibility index (Phi) is 3.08. The Balaban J connectivity index is 3.13. The van der Waals surface area contributed by atoms with Gasteiger partial charge in [-0.15, -0.1) is 0 Å². The minimum Gasteiger partial charge on any atom is -0.515 e. The lowest BCUT2D eigenvalue weighted by atomic mass is 9.62. The van der Waals surface area contributed by atoms with Crippen LogP contribution < -0.4 is 0 Å². The van der Waals surface area contributed by atoms with Crippen LogP contribution in [-0.4, -0.2) is 10.9 Å². The first-order valence-electron chi connectivity index (χ1n) is 5.36. The molecule has 0 aromatic rings. The summed E-state index contributed by atoms with van der Waals surface area (Å²) in [5, 5.41) is 9.18. The van der Waals surface area contributed by atoms with Gasteiger partial charge in [-0.05, 0) is 19.3 Å². The largest absolute Gasteiger partial charge is 0.515 e. The van der Waals surface area contributed by atoms with E-state index in [4.69, 9.17) is 0 Å².